The zero-order valence-electron chi connectivity index (χ0n) is 14.1. The molecule has 0 bridgehead atoms. The Hall–Kier alpha value is -2.62. The summed E-state index contributed by atoms with van der Waals surface area (Å²) in [5.74, 6) is 0.552. The third kappa shape index (κ3) is 5.88. The van der Waals surface area contributed by atoms with Gasteiger partial charge in [0.15, 0.2) is 0 Å². The summed E-state index contributed by atoms with van der Waals surface area (Å²) in [6, 6.07) is 16.7. The SMILES string of the molecule is CCCCCCOc1ccccc1C=NNC(=O)c1ccccc1. The van der Waals surface area contributed by atoms with Gasteiger partial charge in [-0.1, -0.05) is 56.5 Å². The van der Waals surface area contributed by atoms with Gasteiger partial charge >= 0.3 is 0 Å². The molecule has 4 nitrogen and oxygen atoms in total. The highest BCUT2D eigenvalue weighted by Gasteiger charge is 2.03. The van der Waals surface area contributed by atoms with E-state index < -0.39 is 0 Å². The lowest BCUT2D eigenvalue weighted by Crippen LogP contribution is -2.17. The highest BCUT2D eigenvalue weighted by Crippen LogP contribution is 2.16. The lowest BCUT2D eigenvalue weighted by atomic mass is 10.2. The molecule has 4 heteroatoms. The van der Waals surface area contributed by atoms with E-state index in [9.17, 15) is 4.79 Å². The molecule has 2 aromatic rings. The molecule has 0 fully saturated rings. The smallest absolute Gasteiger partial charge is 0.271 e. The number of carbonyl (C=O) groups excluding carboxylic acids is 1. The van der Waals surface area contributed by atoms with Gasteiger partial charge in [-0.2, -0.15) is 5.10 Å². The van der Waals surface area contributed by atoms with Crippen LogP contribution in [0.25, 0.3) is 0 Å². The normalized spacial score (nSPS) is 10.7. The Kier molecular flexibility index (Phi) is 7.54. The summed E-state index contributed by atoms with van der Waals surface area (Å²) >= 11 is 0. The van der Waals surface area contributed by atoms with Crippen LogP contribution in [0.2, 0.25) is 0 Å². The maximum Gasteiger partial charge on any atom is 0.271 e. The van der Waals surface area contributed by atoms with Gasteiger partial charge in [-0.05, 0) is 30.7 Å². The van der Waals surface area contributed by atoms with Crippen molar-refractivity contribution in [2.24, 2.45) is 5.10 Å². The molecule has 1 N–H and O–H groups in total. The highest BCUT2D eigenvalue weighted by atomic mass is 16.5. The molecule has 0 radical (unpaired) electrons. The topological polar surface area (TPSA) is 50.7 Å². The van der Waals surface area contributed by atoms with Crippen LogP contribution in [0.15, 0.2) is 59.7 Å². The van der Waals surface area contributed by atoms with E-state index in [-0.39, 0.29) is 5.91 Å². The number of para-hydroxylation sites is 1. The van der Waals surface area contributed by atoms with E-state index in [1.807, 2.05) is 42.5 Å². The molecule has 0 heterocycles. The van der Waals surface area contributed by atoms with Gasteiger partial charge in [-0.15, -0.1) is 0 Å². The summed E-state index contributed by atoms with van der Waals surface area (Å²) in [6.07, 6.45) is 6.29. The van der Waals surface area contributed by atoms with Gasteiger partial charge in [-0.3, -0.25) is 4.79 Å². The number of nitrogens with one attached hydrogen (secondary N) is 1. The van der Waals surface area contributed by atoms with Gasteiger partial charge < -0.3 is 4.74 Å². The first-order valence-electron chi connectivity index (χ1n) is 8.41. The number of hydrogen-bond donors (Lipinski definition) is 1. The fraction of sp³-hybridized carbons (Fsp3) is 0.300. The molecular formula is C20H24N2O2. The van der Waals surface area contributed by atoms with E-state index in [4.69, 9.17) is 4.74 Å². The third-order valence-electron chi connectivity index (χ3n) is 3.58. The number of ether oxygens (including phenoxy) is 1. The van der Waals surface area contributed by atoms with Crippen molar-refractivity contribution in [2.75, 3.05) is 6.61 Å². The standard InChI is InChI=1S/C20H24N2O2/c1-2-3-4-10-15-24-19-14-9-8-13-18(19)16-21-22-20(23)17-11-6-5-7-12-17/h5-9,11-14,16H,2-4,10,15H2,1H3,(H,22,23). The Bertz CT molecular complexity index is 654. The molecule has 0 unspecified atom stereocenters. The van der Waals surface area contributed by atoms with Crippen LogP contribution in [0, 0.1) is 0 Å². The molecule has 126 valence electrons. The van der Waals surface area contributed by atoms with Crippen molar-refractivity contribution in [1.82, 2.24) is 5.43 Å². The Morgan fingerprint density at radius 2 is 1.79 bits per heavy atom. The predicted molar refractivity (Wildman–Crippen MR) is 97.6 cm³/mol. The van der Waals surface area contributed by atoms with Crippen molar-refractivity contribution in [3.63, 3.8) is 0 Å². The maximum atomic E-state index is 11.9. The van der Waals surface area contributed by atoms with Crippen molar-refractivity contribution in [2.45, 2.75) is 32.6 Å². The first-order valence-corrected chi connectivity index (χ1v) is 8.41. The molecule has 1 amide bonds. The average molecular weight is 324 g/mol. The second kappa shape index (κ2) is 10.2. The first-order chi connectivity index (χ1) is 11.8. The Morgan fingerprint density at radius 1 is 1.04 bits per heavy atom. The summed E-state index contributed by atoms with van der Waals surface area (Å²) < 4.78 is 5.82. The number of hydrogen-bond acceptors (Lipinski definition) is 3. The first kappa shape index (κ1) is 17.7. The number of rotatable bonds is 9. The lowest BCUT2D eigenvalue weighted by Gasteiger charge is -2.08. The summed E-state index contributed by atoms with van der Waals surface area (Å²) in [6.45, 7) is 2.89. The summed E-state index contributed by atoms with van der Waals surface area (Å²) in [4.78, 5) is 11.9. The van der Waals surface area contributed by atoms with Gasteiger partial charge in [-0.25, -0.2) is 5.43 Å². The molecule has 0 atom stereocenters. The predicted octanol–water partition coefficient (Wildman–Crippen LogP) is 4.41. The van der Waals surface area contributed by atoms with Gasteiger partial charge in [0.1, 0.15) is 5.75 Å². The van der Waals surface area contributed by atoms with Crippen LogP contribution in [0.1, 0.15) is 48.5 Å². The highest BCUT2D eigenvalue weighted by molar-refractivity contribution is 5.95. The van der Waals surface area contributed by atoms with Crippen molar-refractivity contribution in [3.05, 3.63) is 65.7 Å². The van der Waals surface area contributed by atoms with Crippen LogP contribution < -0.4 is 10.2 Å². The van der Waals surface area contributed by atoms with E-state index in [0.29, 0.717) is 12.2 Å². The number of hydrazone groups is 1. The van der Waals surface area contributed by atoms with Crippen molar-refractivity contribution < 1.29 is 9.53 Å². The summed E-state index contributed by atoms with van der Waals surface area (Å²) in [7, 11) is 0. The maximum absolute atomic E-state index is 11.9. The summed E-state index contributed by atoms with van der Waals surface area (Å²) in [5.41, 5.74) is 3.96. The lowest BCUT2D eigenvalue weighted by molar-refractivity contribution is 0.0955. The van der Waals surface area contributed by atoms with Crippen molar-refractivity contribution in [3.8, 4) is 5.75 Å². The van der Waals surface area contributed by atoms with Crippen LogP contribution in [0.5, 0.6) is 5.75 Å². The van der Waals surface area contributed by atoms with Crippen LogP contribution in [0.3, 0.4) is 0 Å². The minimum Gasteiger partial charge on any atom is -0.493 e. The van der Waals surface area contributed by atoms with Crippen LogP contribution >= 0.6 is 0 Å². The van der Waals surface area contributed by atoms with Crippen molar-refractivity contribution in [1.29, 1.82) is 0 Å². The van der Waals surface area contributed by atoms with Crippen molar-refractivity contribution >= 4 is 12.1 Å². The Balaban J connectivity index is 1.88. The molecule has 24 heavy (non-hydrogen) atoms. The number of benzene rings is 2. The molecule has 0 saturated carbocycles. The van der Waals surface area contributed by atoms with Gasteiger partial charge in [0.2, 0.25) is 0 Å². The minimum absolute atomic E-state index is 0.232. The second-order valence-electron chi connectivity index (χ2n) is 5.51. The van der Waals surface area contributed by atoms with E-state index in [1.54, 1.807) is 18.3 Å². The molecule has 0 aliphatic heterocycles. The van der Waals surface area contributed by atoms with Crippen LogP contribution in [0.4, 0.5) is 0 Å². The van der Waals surface area contributed by atoms with E-state index >= 15 is 0 Å². The van der Waals surface area contributed by atoms with Gasteiger partial charge in [0.05, 0.1) is 12.8 Å². The van der Waals surface area contributed by atoms with E-state index in [0.717, 1.165) is 17.7 Å². The van der Waals surface area contributed by atoms with Gasteiger partial charge in [0.25, 0.3) is 5.91 Å². The van der Waals surface area contributed by atoms with Gasteiger partial charge in [0, 0.05) is 11.1 Å². The molecule has 0 saturated heterocycles. The molecule has 0 spiro atoms. The zero-order chi connectivity index (χ0) is 17.0. The second-order valence-corrected chi connectivity index (χ2v) is 5.51. The number of unbranched alkanes of at least 4 members (excludes halogenated alkanes) is 3. The zero-order valence-corrected chi connectivity index (χ0v) is 14.1. The van der Waals surface area contributed by atoms with E-state index in [1.165, 1.54) is 19.3 Å². The molecule has 0 aromatic heterocycles. The molecule has 2 aromatic carbocycles. The average Bonchev–Trinajstić information content (AvgIpc) is 2.63. The Morgan fingerprint density at radius 3 is 2.58 bits per heavy atom. The fourth-order valence-electron chi connectivity index (χ4n) is 2.24. The number of amides is 1. The largest absolute Gasteiger partial charge is 0.493 e. The fourth-order valence-corrected chi connectivity index (χ4v) is 2.24. The number of nitrogens with zero attached hydrogens (tertiary/aromatic N) is 1. The minimum atomic E-state index is -0.232. The monoisotopic (exact) mass is 324 g/mol. The van der Waals surface area contributed by atoms with Crippen LogP contribution in [-0.4, -0.2) is 18.7 Å². The summed E-state index contributed by atoms with van der Waals surface area (Å²) in [5, 5.41) is 4.03. The molecular weight excluding hydrogens is 300 g/mol. The quantitative estimate of drug-likeness (QED) is 0.422. The molecule has 0 aliphatic carbocycles. The van der Waals surface area contributed by atoms with Crippen LogP contribution in [-0.2, 0) is 0 Å². The third-order valence-corrected chi connectivity index (χ3v) is 3.58. The number of carbonyl (C=O) groups is 1. The Labute approximate surface area is 143 Å². The molecule has 0 aliphatic rings. The van der Waals surface area contributed by atoms with E-state index in [2.05, 4.69) is 17.5 Å². The molecule has 2 rings (SSSR count).